The monoisotopic (exact) mass is 568 g/mol. The normalized spacial score (nSPS) is 13.4. The van der Waals surface area contributed by atoms with E-state index in [0.717, 1.165) is 34.7 Å². The first-order valence-electron chi connectivity index (χ1n) is 13.0. The number of nitrogens with one attached hydrogen (secondary N) is 2. The van der Waals surface area contributed by atoms with Crippen molar-refractivity contribution in [2.45, 2.75) is 26.7 Å². The van der Waals surface area contributed by atoms with Gasteiger partial charge in [-0.15, -0.1) is 11.3 Å². The Morgan fingerprint density at radius 3 is 2.73 bits per heavy atom. The minimum atomic E-state index is -0.169. The van der Waals surface area contributed by atoms with Gasteiger partial charge in [0.05, 0.1) is 49.0 Å². The molecule has 11 nitrogen and oxygen atoms in total. The number of hydrogen-bond acceptors (Lipinski definition) is 10. The summed E-state index contributed by atoms with van der Waals surface area (Å²) in [5, 5.41) is 20.5. The maximum Gasteiger partial charge on any atom is 0.285 e. The molecule has 0 atom stereocenters. The van der Waals surface area contributed by atoms with Gasteiger partial charge in [-0.25, -0.2) is 15.0 Å². The Kier molecular flexibility index (Phi) is 8.36. The second-order valence-electron chi connectivity index (χ2n) is 9.04. The molecule has 208 valence electrons. The number of methoxy groups -OCH3 is 1. The van der Waals surface area contributed by atoms with Gasteiger partial charge in [-0.3, -0.25) is 10.2 Å². The molecule has 0 aliphatic carbocycles. The van der Waals surface area contributed by atoms with Crippen LogP contribution in [0, 0.1) is 18.3 Å². The number of hydrogen-bond donors (Lipinski definition) is 2. The van der Waals surface area contributed by atoms with Gasteiger partial charge in [0.2, 0.25) is 0 Å². The number of anilines is 1. The van der Waals surface area contributed by atoms with Crippen LogP contribution in [0.5, 0.6) is 11.5 Å². The first kappa shape index (κ1) is 27.5. The molecular formula is C29H28N8O3S. The van der Waals surface area contributed by atoms with Crippen molar-refractivity contribution in [3.63, 3.8) is 0 Å². The molecule has 2 aromatic heterocycles. The van der Waals surface area contributed by atoms with Gasteiger partial charge in [0, 0.05) is 17.7 Å². The molecule has 0 radical (unpaired) electrons. The van der Waals surface area contributed by atoms with Crippen molar-refractivity contribution in [2.75, 3.05) is 25.7 Å². The van der Waals surface area contributed by atoms with E-state index in [2.05, 4.69) is 25.5 Å². The quantitative estimate of drug-likeness (QED) is 0.208. The lowest BCUT2D eigenvalue weighted by Crippen LogP contribution is -2.32. The van der Waals surface area contributed by atoms with Crippen molar-refractivity contribution in [1.29, 1.82) is 5.26 Å². The number of rotatable bonds is 9. The van der Waals surface area contributed by atoms with E-state index in [1.807, 2.05) is 62.4 Å². The second kappa shape index (κ2) is 12.4. The molecule has 1 amide bonds. The minimum absolute atomic E-state index is 0.169. The Hall–Kier alpha value is -5.02. The molecular weight excluding hydrogens is 540 g/mol. The van der Waals surface area contributed by atoms with Gasteiger partial charge in [0.1, 0.15) is 16.0 Å². The molecule has 3 heterocycles. The van der Waals surface area contributed by atoms with Crippen LogP contribution in [-0.2, 0) is 0 Å². The molecule has 1 aliphatic heterocycles. The van der Waals surface area contributed by atoms with Crippen LogP contribution in [0.4, 0.5) is 5.69 Å². The summed E-state index contributed by atoms with van der Waals surface area (Å²) >= 11 is 1.34. The number of aromatic nitrogens is 3. The molecule has 2 aromatic carbocycles. The Labute approximate surface area is 241 Å². The highest BCUT2D eigenvalue weighted by atomic mass is 32.1. The number of aryl methyl sites for hydroxylation is 1. The second-order valence-corrected chi connectivity index (χ2v) is 10.0. The van der Waals surface area contributed by atoms with Gasteiger partial charge in [-0.1, -0.05) is 0 Å². The van der Waals surface area contributed by atoms with E-state index in [-0.39, 0.29) is 11.6 Å². The van der Waals surface area contributed by atoms with E-state index in [4.69, 9.17) is 14.6 Å². The SMILES string of the molecule is CCOc1cc(C2=NN(C(=O)c3sc(-c4ccc(N/N=C(/C#N)c5cnc[nH]5)cc4)nc3C)CCC2)ccc1OC. The lowest BCUT2D eigenvalue weighted by atomic mass is 10.0. The number of carbonyl (C=O) groups is 1. The maximum atomic E-state index is 13.5. The summed E-state index contributed by atoms with van der Waals surface area (Å²) in [6, 6.07) is 15.2. The highest BCUT2D eigenvalue weighted by Gasteiger charge is 2.25. The zero-order valence-electron chi connectivity index (χ0n) is 22.8. The van der Waals surface area contributed by atoms with Gasteiger partial charge >= 0.3 is 0 Å². The number of hydrazone groups is 2. The molecule has 1 aliphatic rings. The van der Waals surface area contributed by atoms with Crippen LogP contribution in [0.25, 0.3) is 10.6 Å². The molecule has 12 heteroatoms. The number of aromatic amines is 1. The number of thiazole rings is 1. The average molecular weight is 569 g/mol. The van der Waals surface area contributed by atoms with Gasteiger partial charge in [-0.05, 0) is 69.2 Å². The molecule has 0 saturated carbocycles. The van der Waals surface area contributed by atoms with Gasteiger partial charge in [0.15, 0.2) is 17.2 Å². The Balaban J connectivity index is 1.32. The van der Waals surface area contributed by atoms with E-state index in [1.54, 1.807) is 7.11 Å². The van der Waals surface area contributed by atoms with Gasteiger partial charge < -0.3 is 14.5 Å². The van der Waals surface area contributed by atoms with Crippen LogP contribution in [0.1, 0.15) is 46.4 Å². The van der Waals surface area contributed by atoms with Gasteiger partial charge in [0.25, 0.3) is 5.91 Å². The molecule has 0 saturated heterocycles. The highest BCUT2D eigenvalue weighted by Crippen LogP contribution is 2.32. The summed E-state index contributed by atoms with van der Waals surface area (Å²) in [5.41, 5.74) is 7.55. The maximum absolute atomic E-state index is 13.5. The summed E-state index contributed by atoms with van der Waals surface area (Å²) in [6.07, 6.45) is 4.58. The number of ether oxygens (including phenoxy) is 2. The van der Waals surface area contributed by atoms with E-state index >= 15 is 0 Å². The topological polar surface area (TPSA) is 141 Å². The summed E-state index contributed by atoms with van der Waals surface area (Å²) < 4.78 is 11.1. The van der Waals surface area contributed by atoms with Crippen molar-refractivity contribution < 1.29 is 14.3 Å². The third kappa shape index (κ3) is 6.10. The molecule has 4 aromatic rings. The van der Waals surface area contributed by atoms with Crippen LogP contribution in [0.2, 0.25) is 0 Å². The number of benzene rings is 2. The Morgan fingerprint density at radius 1 is 1.22 bits per heavy atom. The molecule has 0 bridgehead atoms. The first-order chi connectivity index (χ1) is 20.0. The summed E-state index contributed by atoms with van der Waals surface area (Å²) in [7, 11) is 1.61. The van der Waals surface area contributed by atoms with Crippen LogP contribution < -0.4 is 14.9 Å². The fourth-order valence-corrected chi connectivity index (χ4v) is 5.31. The van der Waals surface area contributed by atoms with E-state index in [1.165, 1.54) is 28.9 Å². The molecule has 0 fully saturated rings. The standard InChI is InChI=1S/C29H28N8O3S/c1-4-40-26-14-20(9-12-25(26)39-3)22-6-5-13-37(36-22)29(38)27-18(2)33-28(41-27)19-7-10-21(11-8-19)34-35-23(15-30)24-16-31-17-32-24/h7-12,14,16-17,34H,4-6,13H2,1-3H3,(H,31,32)/b35-23-. The number of nitriles is 1. The fourth-order valence-electron chi connectivity index (χ4n) is 4.29. The molecule has 0 unspecified atom stereocenters. The van der Waals surface area contributed by atoms with Crippen molar-refractivity contribution in [3.8, 4) is 28.1 Å². The smallest absolute Gasteiger partial charge is 0.285 e. The number of imidazole rings is 1. The van der Waals surface area contributed by atoms with E-state index in [9.17, 15) is 10.1 Å². The fraction of sp³-hybridized carbons (Fsp3) is 0.241. The predicted molar refractivity (Wildman–Crippen MR) is 158 cm³/mol. The lowest BCUT2D eigenvalue weighted by molar-refractivity contribution is 0.0755. The molecule has 41 heavy (non-hydrogen) atoms. The lowest BCUT2D eigenvalue weighted by Gasteiger charge is -2.23. The minimum Gasteiger partial charge on any atom is -0.493 e. The van der Waals surface area contributed by atoms with Crippen molar-refractivity contribution in [3.05, 3.63) is 76.8 Å². The van der Waals surface area contributed by atoms with Crippen LogP contribution in [-0.4, -0.2) is 57.6 Å². The number of amides is 1. The van der Waals surface area contributed by atoms with Crippen LogP contribution >= 0.6 is 11.3 Å². The number of carbonyl (C=O) groups excluding carboxylic acids is 1. The summed E-state index contributed by atoms with van der Waals surface area (Å²) in [4.78, 5) is 25.5. The van der Waals surface area contributed by atoms with Crippen LogP contribution in [0.15, 0.2) is 65.2 Å². The number of nitrogens with zero attached hydrogens (tertiary/aromatic N) is 6. The molecule has 5 rings (SSSR count). The van der Waals surface area contributed by atoms with Crippen LogP contribution in [0.3, 0.4) is 0 Å². The largest absolute Gasteiger partial charge is 0.493 e. The molecule has 2 N–H and O–H groups in total. The summed E-state index contributed by atoms with van der Waals surface area (Å²) in [5.74, 6) is 1.14. The zero-order chi connectivity index (χ0) is 28.8. The van der Waals surface area contributed by atoms with Crippen molar-refractivity contribution >= 4 is 34.4 Å². The predicted octanol–water partition coefficient (Wildman–Crippen LogP) is 5.23. The Bertz CT molecular complexity index is 1640. The Morgan fingerprint density at radius 2 is 2.02 bits per heavy atom. The van der Waals surface area contributed by atoms with E-state index < -0.39 is 0 Å². The number of H-pyrrole nitrogens is 1. The van der Waals surface area contributed by atoms with Crippen molar-refractivity contribution in [1.82, 2.24) is 20.0 Å². The van der Waals surface area contributed by atoms with Gasteiger partial charge in [-0.2, -0.15) is 15.5 Å². The zero-order valence-corrected chi connectivity index (χ0v) is 23.7. The average Bonchev–Trinajstić information content (AvgIpc) is 3.68. The van der Waals surface area contributed by atoms with Crippen molar-refractivity contribution in [2.24, 2.45) is 10.2 Å². The molecule has 0 spiro atoms. The third-order valence-corrected chi connectivity index (χ3v) is 7.53. The summed E-state index contributed by atoms with van der Waals surface area (Å²) in [6.45, 7) is 4.81. The highest BCUT2D eigenvalue weighted by molar-refractivity contribution is 7.17. The third-order valence-electron chi connectivity index (χ3n) is 6.33. The van der Waals surface area contributed by atoms with E-state index in [0.29, 0.717) is 46.6 Å². The first-order valence-corrected chi connectivity index (χ1v) is 13.8.